The van der Waals surface area contributed by atoms with Gasteiger partial charge in [-0.25, -0.2) is 4.68 Å². The summed E-state index contributed by atoms with van der Waals surface area (Å²) >= 11 is 11.9. The second-order valence-electron chi connectivity index (χ2n) is 2.93. The third kappa shape index (κ3) is 1.98. The van der Waals surface area contributed by atoms with Crippen LogP contribution in [0.3, 0.4) is 0 Å². The van der Waals surface area contributed by atoms with Crippen LogP contribution in [0.15, 0.2) is 0 Å². The minimum atomic E-state index is 0.138. The van der Waals surface area contributed by atoms with Gasteiger partial charge in [0.2, 0.25) is 0 Å². The van der Waals surface area contributed by atoms with Gasteiger partial charge in [0.25, 0.3) is 0 Å². The molecule has 1 heterocycles. The summed E-state index contributed by atoms with van der Waals surface area (Å²) < 4.78 is 1.69. The maximum atomic E-state index is 5.98. The standard InChI is InChI=1S/C8H13Cl2N3/c1-3-6(4-11)13-8(10)7(9)5(2)12-13/h6H,3-4,11H2,1-2H3. The zero-order valence-corrected chi connectivity index (χ0v) is 9.23. The first-order chi connectivity index (χ1) is 6.11. The quantitative estimate of drug-likeness (QED) is 0.853. The van der Waals surface area contributed by atoms with Gasteiger partial charge in [-0.05, 0) is 13.3 Å². The van der Waals surface area contributed by atoms with E-state index in [2.05, 4.69) is 5.10 Å². The van der Waals surface area contributed by atoms with Crippen molar-refractivity contribution in [3.8, 4) is 0 Å². The first kappa shape index (κ1) is 10.8. The topological polar surface area (TPSA) is 43.8 Å². The lowest BCUT2D eigenvalue weighted by atomic mass is 10.2. The van der Waals surface area contributed by atoms with Gasteiger partial charge in [-0.3, -0.25) is 0 Å². The molecule has 13 heavy (non-hydrogen) atoms. The van der Waals surface area contributed by atoms with Crippen molar-refractivity contribution in [2.45, 2.75) is 26.3 Å². The first-order valence-electron chi connectivity index (χ1n) is 4.22. The fourth-order valence-electron chi connectivity index (χ4n) is 1.18. The van der Waals surface area contributed by atoms with E-state index < -0.39 is 0 Å². The van der Waals surface area contributed by atoms with E-state index in [0.717, 1.165) is 12.1 Å². The summed E-state index contributed by atoms with van der Waals surface area (Å²) in [6.45, 7) is 4.39. The summed E-state index contributed by atoms with van der Waals surface area (Å²) in [6, 6.07) is 0.138. The van der Waals surface area contributed by atoms with E-state index in [1.165, 1.54) is 0 Å². The van der Waals surface area contributed by atoms with Gasteiger partial charge >= 0.3 is 0 Å². The molecule has 0 saturated heterocycles. The van der Waals surface area contributed by atoms with Gasteiger partial charge in [-0.2, -0.15) is 5.10 Å². The molecule has 1 aromatic rings. The molecule has 0 aliphatic rings. The lowest BCUT2D eigenvalue weighted by Crippen LogP contribution is -2.19. The highest BCUT2D eigenvalue weighted by Crippen LogP contribution is 2.28. The molecular weight excluding hydrogens is 209 g/mol. The highest BCUT2D eigenvalue weighted by Gasteiger charge is 2.16. The summed E-state index contributed by atoms with van der Waals surface area (Å²) in [4.78, 5) is 0. The molecule has 1 unspecified atom stereocenters. The van der Waals surface area contributed by atoms with E-state index in [-0.39, 0.29) is 6.04 Å². The van der Waals surface area contributed by atoms with Crippen molar-refractivity contribution in [3.05, 3.63) is 15.9 Å². The van der Waals surface area contributed by atoms with Crippen LogP contribution < -0.4 is 5.73 Å². The van der Waals surface area contributed by atoms with Crippen LogP contribution in [0.4, 0.5) is 0 Å². The normalized spacial score (nSPS) is 13.3. The SMILES string of the molecule is CCC(CN)n1nc(C)c(Cl)c1Cl. The third-order valence-electron chi connectivity index (χ3n) is 2.05. The van der Waals surface area contributed by atoms with E-state index in [4.69, 9.17) is 28.9 Å². The van der Waals surface area contributed by atoms with Crippen molar-refractivity contribution in [2.75, 3.05) is 6.54 Å². The lowest BCUT2D eigenvalue weighted by molar-refractivity contribution is 0.448. The average Bonchev–Trinajstić information content (AvgIpc) is 2.36. The first-order valence-corrected chi connectivity index (χ1v) is 4.97. The number of nitrogens with two attached hydrogens (primary N) is 1. The van der Waals surface area contributed by atoms with Crippen LogP contribution in [0, 0.1) is 6.92 Å². The summed E-state index contributed by atoms with van der Waals surface area (Å²) in [5.41, 5.74) is 6.33. The van der Waals surface area contributed by atoms with E-state index in [1.54, 1.807) is 4.68 Å². The monoisotopic (exact) mass is 221 g/mol. The number of halogens is 2. The zero-order valence-electron chi connectivity index (χ0n) is 7.72. The molecule has 0 radical (unpaired) electrons. The molecule has 0 fully saturated rings. The zero-order chi connectivity index (χ0) is 10.0. The molecular formula is C8H13Cl2N3. The van der Waals surface area contributed by atoms with Gasteiger partial charge in [-0.15, -0.1) is 0 Å². The van der Waals surface area contributed by atoms with Crippen LogP contribution in [0.25, 0.3) is 0 Å². The van der Waals surface area contributed by atoms with Crippen LogP contribution in [-0.2, 0) is 0 Å². The Morgan fingerprint density at radius 3 is 2.46 bits per heavy atom. The Hall–Kier alpha value is -0.250. The molecule has 0 aromatic carbocycles. The van der Waals surface area contributed by atoms with E-state index in [1.807, 2.05) is 13.8 Å². The lowest BCUT2D eigenvalue weighted by Gasteiger charge is -2.13. The van der Waals surface area contributed by atoms with Crippen LogP contribution in [0.1, 0.15) is 25.1 Å². The molecule has 5 heteroatoms. The maximum Gasteiger partial charge on any atom is 0.146 e. The summed E-state index contributed by atoms with van der Waals surface area (Å²) in [5.74, 6) is 0. The van der Waals surface area contributed by atoms with Gasteiger partial charge in [-0.1, -0.05) is 30.1 Å². The smallest absolute Gasteiger partial charge is 0.146 e. The highest BCUT2D eigenvalue weighted by molar-refractivity contribution is 6.41. The number of aryl methyl sites for hydroxylation is 1. The molecule has 2 N–H and O–H groups in total. The third-order valence-corrected chi connectivity index (χ3v) is 2.96. The van der Waals surface area contributed by atoms with Crippen molar-refractivity contribution in [3.63, 3.8) is 0 Å². The fraction of sp³-hybridized carbons (Fsp3) is 0.625. The Morgan fingerprint density at radius 2 is 2.15 bits per heavy atom. The van der Waals surface area contributed by atoms with Gasteiger partial charge in [0, 0.05) is 6.54 Å². The molecule has 1 atom stereocenters. The largest absolute Gasteiger partial charge is 0.328 e. The van der Waals surface area contributed by atoms with Crippen molar-refractivity contribution in [2.24, 2.45) is 5.73 Å². The molecule has 0 aliphatic heterocycles. The van der Waals surface area contributed by atoms with Crippen molar-refractivity contribution in [1.29, 1.82) is 0 Å². The van der Waals surface area contributed by atoms with Crippen molar-refractivity contribution < 1.29 is 0 Å². The molecule has 1 aromatic heterocycles. The molecule has 3 nitrogen and oxygen atoms in total. The summed E-state index contributed by atoms with van der Waals surface area (Å²) in [7, 11) is 0. The number of nitrogens with zero attached hydrogens (tertiary/aromatic N) is 2. The van der Waals surface area contributed by atoms with Gasteiger partial charge < -0.3 is 5.73 Å². The number of aromatic nitrogens is 2. The predicted molar refractivity (Wildman–Crippen MR) is 55.4 cm³/mol. The van der Waals surface area contributed by atoms with Gasteiger partial charge in [0.15, 0.2) is 0 Å². The predicted octanol–water partition coefficient (Wildman–Crippen LogP) is 2.41. The molecule has 1 rings (SSSR count). The minimum absolute atomic E-state index is 0.138. The number of rotatable bonds is 3. The molecule has 0 amide bonds. The van der Waals surface area contributed by atoms with Gasteiger partial charge in [0.1, 0.15) is 10.2 Å². The van der Waals surface area contributed by atoms with Crippen LogP contribution in [0.2, 0.25) is 10.2 Å². The Balaban J connectivity index is 3.06. The van der Waals surface area contributed by atoms with Crippen LogP contribution >= 0.6 is 23.2 Å². The molecule has 0 saturated carbocycles. The Labute approximate surface area is 87.8 Å². The van der Waals surface area contributed by atoms with Crippen LogP contribution in [-0.4, -0.2) is 16.3 Å². The summed E-state index contributed by atoms with van der Waals surface area (Å²) in [5, 5.41) is 5.23. The second kappa shape index (κ2) is 4.31. The second-order valence-corrected chi connectivity index (χ2v) is 3.67. The van der Waals surface area contributed by atoms with Gasteiger partial charge in [0.05, 0.1) is 11.7 Å². The van der Waals surface area contributed by atoms with Crippen molar-refractivity contribution >= 4 is 23.2 Å². The summed E-state index contributed by atoms with van der Waals surface area (Å²) in [6.07, 6.45) is 0.896. The highest BCUT2D eigenvalue weighted by atomic mass is 35.5. The molecule has 74 valence electrons. The minimum Gasteiger partial charge on any atom is -0.328 e. The average molecular weight is 222 g/mol. The van der Waals surface area contributed by atoms with E-state index in [9.17, 15) is 0 Å². The number of hydrogen-bond acceptors (Lipinski definition) is 2. The molecule has 0 spiro atoms. The molecule has 0 bridgehead atoms. The number of hydrogen-bond donors (Lipinski definition) is 1. The van der Waals surface area contributed by atoms with Crippen molar-refractivity contribution in [1.82, 2.24) is 9.78 Å². The Kier molecular flexibility index (Phi) is 3.59. The Bertz CT molecular complexity index is 292. The maximum absolute atomic E-state index is 5.98. The fourth-order valence-corrected chi connectivity index (χ4v) is 1.62. The van der Waals surface area contributed by atoms with E-state index >= 15 is 0 Å². The Morgan fingerprint density at radius 1 is 1.54 bits per heavy atom. The molecule has 0 aliphatic carbocycles. The van der Waals surface area contributed by atoms with E-state index in [0.29, 0.717) is 16.7 Å². The van der Waals surface area contributed by atoms with Crippen LogP contribution in [0.5, 0.6) is 0 Å².